The molecule has 1 aromatic rings. The summed E-state index contributed by atoms with van der Waals surface area (Å²) in [4.78, 5) is 10.6. The maximum atomic E-state index is 5.91. The van der Waals surface area contributed by atoms with Gasteiger partial charge in [-0.25, -0.2) is 9.97 Å². The minimum Gasteiger partial charge on any atom is -0.377 e. The van der Waals surface area contributed by atoms with Gasteiger partial charge in [0.15, 0.2) is 0 Å². The molecule has 1 saturated heterocycles. The summed E-state index contributed by atoms with van der Waals surface area (Å²) in [5.74, 6) is 1.60. The third-order valence-electron chi connectivity index (χ3n) is 2.46. The molecule has 1 aliphatic heterocycles. The number of aromatic nitrogens is 2. The van der Waals surface area contributed by atoms with Crippen molar-refractivity contribution < 1.29 is 4.74 Å². The van der Waals surface area contributed by atoms with Gasteiger partial charge < -0.3 is 9.64 Å². The summed E-state index contributed by atoms with van der Waals surface area (Å²) in [5.41, 5.74) is 0. The maximum absolute atomic E-state index is 5.91. The first kappa shape index (κ1) is 10.6. The topological polar surface area (TPSA) is 38.2 Å². The van der Waals surface area contributed by atoms with Crippen LogP contribution >= 0.6 is 11.6 Å². The molecule has 4 nitrogen and oxygen atoms in total. The summed E-state index contributed by atoms with van der Waals surface area (Å²) in [6.45, 7) is 6.30. The van der Waals surface area contributed by atoms with Crippen LogP contribution in [0.5, 0.6) is 0 Å². The van der Waals surface area contributed by atoms with E-state index in [1.807, 2.05) is 6.92 Å². The number of ether oxygens (including phenoxy) is 1. The van der Waals surface area contributed by atoms with Crippen LogP contribution in [0.2, 0.25) is 5.15 Å². The zero-order valence-corrected chi connectivity index (χ0v) is 9.66. The SMILES string of the molecule is Cc1nc(Cl)cc(N2CCOC[C@H]2C)n1. The highest BCUT2D eigenvalue weighted by molar-refractivity contribution is 6.29. The summed E-state index contributed by atoms with van der Waals surface area (Å²) in [7, 11) is 0. The van der Waals surface area contributed by atoms with Crippen molar-refractivity contribution in [3.63, 3.8) is 0 Å². The fourth-order valence-electron chi connectivity index (χ4n) is 1.73. The molecule has 0 amide bonds. The molecule has 1 aliphatic rings. The van der Waals surface area contributed by atoms with Crippen LogP contribution in [0.25, 0.3) is 0 Å². The maximum Gasteiger partial charge on any atom is 0.134 e. The number of morpholine rings is 1. The number of halogens is 1. The Morgan fingerprint density at radius 2 is 2.33 bits per heavy atom. The quantitative estimate of drug-likeness (QED) is 0.684. The fourth-order valence-corrected chi connectivity index (χ4v) is 1.95. The summed E-state index contributed by atoms with van der Waals surface area (Å²) < 4.78 is 5.38. The van der Waals surface area contributed by atoms with Crippen LogP contribution < -0.4 is 4.90 Å². The fraction of sp³-hybridized carbons (Fsp3) is 0.600. The van der Waals surface area contributed by atoms with Gasteiger partial charge in [0.25, 0.3) is 0 Å². The van der Waals surface area contributed by atoms with E-state index < -0.39 is 0 Å². The molecule has 0 radical (unpaired) electrons. The number of hydrogen-bond acceptors (Lipinski definition) is 4. The van der Waals surface area contributed by atoms with Crippen LogP contribution in [0.15, 0.2) is 6.07 Å². The molecule has 0 aromatic carbocycles. The predicted molar refractivity (Wildman–Crippen MR) is 59.4 cm³/mol. The van der Waals surface area contributed by atoms with Crippen molar-refractivity contribution in [3.05, 3.63) is 17.0 Å². The third-order valence-corrected chi connectivity index (χ3v) is 2.65. The molecule has 1 fully saturated rings. The minimum atomic E-state index is 0.337. The molecule has 0 bridgehead atoms. The molecule has 0 unspecified atom stereocenters. The van der Waals surface area contributed by atoms with Gasteiger partial charge in [-0.05, 0) is 13.8 Å². The lowest BCUT2D eigenvalue weighted by atomic mass is 10.2. The molecule has 2 rings (SSSR count). The van der Waals surface area contributed by atoms with E-state index in [0.29, 0.717) is 17.0 Å². The van der Waals surface area contributed by atoms with Gasteiger partial charge >= 0.3 is 0 Å². The molecule has 82 valence electrons. The largest absolute Gasteiger partial charge is 0.377 e. The van der Waals surface area contributed by atoms with E-state index in [1.165, 1.54) is 0 Å². The molecular weight excluding hydrogens is 214 g/mol. The van der Waals surface area contributed by atoms with Gasteiger partial charge in [0.1, 0.15) is 16.8 Å². The zero-order valence-electron chi connectivity index (χ0n) is 8.90. The van der Waals surface area contributed by atoms with Crippen LogP contribution in [0.3, 0.4) is 0 Å². The first-order valence-corrected chi connectivity index (χ1v) is 5.40. The van der Waals surface area contributed by atoms with Gasteiger partial charge in [0, 0.05) is 12.6 Å². The van der Waals surface area contributed by atoms with Gasteiger partial charge in [0.05, 0.1) is 19.3 Å². The monoisotopic (exact) mass is 227 g/mol. The van der Waals surface area contributed by atoms with E-state index >= 15 is 0 Å². The van der Waals surface area contributed by atoms with Crippen LogP contribution in [0.4, 0.5) is 5.82 Å². The third kappa shape index (κ3) is 2.38. The molecule has 15 heavy (non-hydrogen) atoms. The van der Waals surface area contributed by atoms with Crippen molar-refractivity contribution in [2.24, 2.45) is 0 Å². The van der Waals surface area contributed by atoms with Crippen molar-refractivity contribution in [1.82, 2.24) is 9.97 Å². The molecule has 0 saturated carbocycles. The zero-order chi connectivity index (χ0) is 10.8. The van der Waals surface area contributed by atoms with Crippen LogP contribution in [0, 0.1) is 6.92 Å². The minimum absolute atomic E-state index is 0.337. The number of nitrogens with zero attached hydrogens (tertiary/aromatic N) is 3. The molecular formula is C10H14ClN3O. The normalized spacial score (nSPS) is 21.8. The first-order chi connectivity index (χ1) is 7.16. The van der Waals surface area contributed by atoms with Crippen molar-refractivity contribution >= 4 is 17.4 Å². The van der Waals surface area contributed by atoms with Crippen LogP contribution in [0.1, 0.15) is 12.7 Å². The van der Waals surface area contributed by atoms with Crippen molar-refractivity contribution in [1.29, 1.82) is 0 Å². The summed E-state index contributed by atoms with van der Waals surface area (Å²) >= 11 is 5.91. The standard InChI is InChI=1S/C10H14ClN3O/c1-7-6-15-4-3-14(7)10-5-9(11)12-8(2)13-10/h5,7H,3-4,6H2,1-2H3/t7-/m1/s1. The van der Waals surface area contributed by atoms with Gasteiger partial charge in [-0.3, -0.25) is 0 Å². The van der Waals surface area contributed by atoms with Gasteiger partial charge in [-0.1, -0.05) is 11.6 Å². The second kappa shape index (κ2) is 4.33. The van der Waals surface area contributed by atoms with Gasteiger partial charge in [-0.15, -0.1) is 0 Å². The highest BCUT2D eigenvalue weighted by Gasteiger charge is 2.20. The molecule has 0 aliphatic carbocycles. The number of aryl methyl sites for hydroxylation is 1. The highest BCUT2D eigenvalue weighted by Crippen LogP contribution is 2.19. The number of anilines is 1. The lowest BCUT2D eigenvalue weighted by Crippen LogP contribution is -2.44. The average molecular weight is 228 g/mol. The molecule has 1 atom stereocenters. The Bertz CT molecular complexity index is 338. The lowest BCUT2D eigenvalue weighted by Gasteiger charge is -2.34. The van der Waals surface area contributed by atoms with E-state index in [9.17, 15) is 0 Å². The Morgan fingerprint density at radius 3 is 3.00 bits per heavy atom. The Balaban J connectivity index is 2.27. The average Bonchev–Trinajstić information content (AvgIpc) is 2.16. The van der Waals surface area contributed by atoms with Crippen molar-refractivity contribution in [2.75, 3.05) is 24.7 Å². The predicted octanol–water partition coefficient (Wildman–Crippen LogP) is 1.66. The summed E-state index contributed by atoms with van der Waals surface area (Å²) in [5, 5.41) is 0.496. The van der Waals surface area contributed by atoms with E-state index in [1.54, 1.807) is 6.07 Å². The molecule has 5 heteroatoms. The Morgan fingerprint density at radius 1 is 1.53 bits per heavy atom. The van der Waals surface area contributed by atoms with Crippen molar-refractivity contribution in [3.8, 4) is 0 Å². The van der Waals surface area contributed by atoms with Crippen LogP contribution in [-0.4, -0.2) is 35.8 Å². The van der Waals surface area contributed by atoms with Gasteiger partial charge in [-0.2, -0.15) is 0 Å². The van der Waals surface area contributed by atoms with E-state index in [0.717, 1.165) is 25.6 Å². The van der Waals surface area contributed by atoms with Crippen LogP contribution in [-0.2, 0) is 4.74 Å². The Labute approximate surface area is 94.2 Å². The van der Waals surface area contributed by atoms with Gasteiger partial charge in [0.2, 0.25) is 0 Å². The van der Waals surface area contributed by atoms with E-state index in [2.05, 4.69) is 21.8 Å². The van der Waals surface area contributed by atoms with Crippen molar-refractivity contribution in [2.45, 2.75) is 19.9 Å². The Hall–Kier alpha value is -0.870. The summed E-state index contributed by atoms with van der Waals surface area (Å²) in [6, 6.07) is 2.14. The number of rotatable bonds is 1. The first-order valence-electron chi connectivity index (χ1n) is 5.02. The molecule has 1 aromatic heterocycles. The second-order valence-electron chi connectivity index (χ2n) is 3.71. The highest BCUT2D eigenvalue weighted by atomic mass is 35.5. The number of hydrogen-bond donors (Lipinski definition) is 0. The smallest absolute Gasteiger partial charge is 0.134 e. The van der Waals surface area contributed by atoms with E-state index in [-0.39, 0.29) is 0 Å². The molecule has 0 spiro atoms. The summed E-state index contributed by atoms with van der Waals surface area (Å²) in [6.07, 6.45) is 0. The lowest BCUT2D eigenvalue weighted by molar-refractivity contribution is 0.0985. The molecule has 2 heterocycles. The Kier molecular flexibility index (Phi) is 3.07. The second-order valence-corrected chi connectivity index (χ2v) is 4.10. The van der Waals surface area contributed by atoms with E-state index in [4.69, 9.17) is 16.3 Å². The molecule has 0 N–H and O–H groups in total.